The van der Waals surface area contributed by atoms with Crippen molar-refractivity contribution in [2.45, 2.75) is 0 Å². The number of pyridine rings is 1. The number of aromatic nitrogens is 3. The molecule has 0 unspecified atom stereocenters. The zero-order valence-electron chi connectivity index (χ0n) is 12.3. The van der Waals surface area contributed by atoms with Gasteiger partial charge in [0.15, 0.2) is 10.6 Å². The average Bonchev–Trinajstić information content (AvgIpc) is 3.04. The second-order valence-electron chi connectivity index (χ2n) is 5.00. The predicted octanol–water partition coefficient (Wildman–Crippen LogP) is 3.17. The van der Waals surface area contributed by atoms with Gasteiger partial charge in [-0.3, -0.25) is 4.79 Å². The summed E-state index contributed by atoms with van der Waals surface area (Å²) in [5, 5.41) is 0.852. The average molecular weight is 378 g/mol. The van der Waals surface area contributed by atoms with Crippen molar-refractivity contribution >= 4 is 56.7 Å². The van der Waals surface area contributed by atoms with Gasteiger partial charge in [0.05, 0.1) is 16.7 Å². The Morgan fingerprint density at radius 2 is 2.17 bits per heavy atom. The Morgan fingerprint density at radius 3 is 2.96 bits per heavy atom. The molecule has 0 aliphatic rings. The number of rotatable bonds is 2. The molecule has 0 aliphatic carbocycles. The molecule has 0 bridgehead atoms. The summed E-state index contributed by atoms with van der Waals surface area (Å²) in [6.45, 7) is 0. The molecule has 4 rings (SSSR count). The third kappa shape index (κ3) is 2.34. The molecular formula is C16H9Cl2N3O2S. The van der Waals surface area contributed by atoms with Gasteiger partial charge >= 0.3 is 0 Å². The molecule has 3 aromatic heterocycles. The first-order valence-corrected chi connectivity index (χ1v) is 8.46. The fourth-order valence-electron chi connectivity index (χ4n) is 2.53. The van der Waals surface area contributed by atoms with Crippen LogP contribution in [0.1, 0.15) is 5.56 Å². The van der Waals surface area contributed by atoms with Gasteiger partial charge in [-0.1, -0.05) is 34.5 Å². The summed E-state index contributed by atoms with van der Waals surface area (Å²) >= 11 is 13.5. The Balaban J connectivity index is 2.02. The van der Waals surface area contributed by atoms with Crippen LogP contribution in [-0.2, 0) is 0 Å². The minimum atomic E-state index is -0.186. The first-order valence-electron chi connectivity index (χ1n) is 6.89. The van der Waals surface area contributed by atoms with E-state index in [9.17, 15) is 4.79 Å². The third-order valence-electron chi connectivity index (χ3n) is 3.53. The molecule has 120 valence electrons. The van der Waals surface area contributed by atoms with Gasteiger partial charge in [0.2, 0.25) is 0 Å². The lowest BCUT2D eigenvalue weighted by Gasteiger charge is -2.07. The molecule has 5 nitrogen and oxygen atoms in total. The molecule has 0 saturated carbocycles. The molecule has 0 spiro atoms. The van der Waals surface area contributed by atoms with Crippen LogP contribution >= 0.6 is 34.5 Å². The van der Waals surface area contributed by atoms with Gasteiger partial charge in [-0.05, 0) is 30.3 Å². The zero-order chi connectivity index (χ0) is 16.8. The van der Waals surface area contributed by atoms with Crippen LogP contribution in [0.5, 0.6) is 5.75 Å². The molecule has 0 radical (unpaired) electrons. The normalized spacial score (nSPS) is 12.4. The van der Waals surface area contributed by atoms with Gasteiger partial charge < -0.3 is 4.74 Å². The summed E-state index contributed by atoms with van der Waals surface area (Å²) < 4.78 is 7.32. The van der Waals surface area contributed by atoms with Crippen LogP contribution in [0, 0.1) is 0 Å². The van der Waals surface area contributed by atoms with Gasteiger partial charge in [-0.15, -0.1) is 0 Å². The van der Waals surface area contributed by atoms with Gasteiger partial charge in [0, 0.05) is 16.8 Å². The van der Waals surface area contributed by atoms with Crippen molar-refractivity contribution in [2.75, 3.05) is 7.11 Å². The Hall–Kier alpha value is -2.15. The molecule has 0 amide bonds. The van der Waals surface area contributed by atoms with Crippen molar-refractivity contribution in [2.24, 2.45) is 0 Å². The van der Waals surface area contributed by atoms with E-state index in [-0.39, 0.29) is 5.56 Å². The number of nitrogens with zero attached hydrogens (tertiary/aromatic N) is 3. The Labute approximate surface area is 149 Å². The van der Waals surface area contributed by atoms with Gasteiger partial charge in [-0.25, -0.2) is 14.4 Å². The topological polar surface area (TPSA) is 56.5 Å². The standard InChI is InChI=1S/C16H9Cl2N3O2S/c1-23-13-8(5-9(17)7-10(13)18)6-12-15(22)21-14-11(3-2-4-19-14)20-16(21)24-12/h2-7H,1H3/b12-6-. The van der Waals surface area contributed by atoms with Crippen molar-refractivity contribution < 1.29 is 4.74 Å². The minimum absolute atomic E-state index is 0.186. The number of hydrogen-bond acceptors (Lipinski definition) is 5. The molecule has 0 saturated heterocycles. The van der Waals surface area contributed by atoms with E-state index in [0.717, 1.165) is 0 Å². The molecule has 0 atom stereocenters. The van der Waals surface area contributed by atoms with Gasteiger partial charge in [0.1, 0.15) is 11.3 Å². The van der Waals surface area contributed by atoms with E-state index in [1.165, 1.54) is 22.8 Å². The van der Waals surface area contributed by atoms with E-state index < -0.39 is 0 Å². The Morgan fingerprint density at radius 1 is 1.33 bits per heavy atom. The highest BCUT2D eigenvalue weighted by molar-refractivity contribution is 7.15. The van der Waals surface area contributed by atoms with Crippen LogP contribution in [-0.4, -0.2) is 21.5 Å². The van der Waals surface area contributed by atoms with Crippen molar-refractivity contribution in [3.8, 4) is 5.75 Å². The number of hydrogen-bond donors (Lipinski definition) is 0. The van der Waals surface area contributed by atoms with E-state index in [4.69, 9.17) is 27.9 Å². The quantitative estimate of drug-likeness (QED) is 0.538. The zero-order valence-corrected chi connectivity index (χ0v) is 14.6. The first kappa shape index (κ1) is 15.4. The highest BCUT2D eigenvalue weighted by Gasteiger charge is 2.13. The van der Waals surface area contributed by atoms with E-state index in [1.54, 1.807) is 30.5 Å². The second kappa shape index (κ2) is 5.73. The highest BCUT2D eigenvalue weighted by Crippen LogP contribution is 2.32. The molecule has 0 N–H and O–H groups in total. The summed E-state index contributed by atoms with van der Waals surface area (Å²) in [6.07, 6.45) is 3.34. The van der Waals surface area contributed by atoms with Crippen molar-refractivity contribution in [1.82, 2.24) is 14.4 Å². The number of imidazole rings is 1. The molecule has 4 aromatic rings. The lowest BCUT2D eigenvalue weighted by atomic mass is 10.2. The molecule has 8 heteroatoms. The van der Waals surface area contributed by atoms with Gasteiger partial charge in [-0.2, -0.15) is 0 Å². The minimum Gasteiger partial charge on any atom is -0.495 e. The maximum absolute atomic E-state index is 12.7. The summed E-state index contributed by atoms with van der Waals surface area (Å²) in [7, 11) is 1.52. The Bertz CT molecular complexity index is 1200. The van der Waals surface area contributed by atoms with E-state index in [1.807, 2.05) is 6.07 Å². The Kier molecular flexibility index (Phi) is 3.68. The summed E-state index contributed by atoms with van der Waals surface area (Å²) in [5.41, 5.74) is 1.68. The maximum atomic E-state index is 12.7. The smallest absolute Gasteiger partial charge is 0.276 e. The lowest BCUT2D eigenvalue weighted by molar-refractivity contribution is 0.414. The maximum Gasteiger partial charge on any atom is 0.276 e. The molecule has 24 heavy (non-hydrogen) atoms. The molecular weight excluding hydrogens is 369 g/mol. The predicted molar refractivity (Wildman–Crippen MR) is 96.4 cm³/mol. The summed E-state index contributed by atoms with van der Waals surface area (Å²) in [4.78, 5) is 22.0. The van der Waals surface area contributed by atoms with E-state index in [0.29, 0.717) is 42.0 Å². The molecule has 0 fully saturated rings. The van der Waals surface area contributed by atoms with Crippen LogP contribution in [0.15, 0.2) is 35.3 Å². The molecule has 0 aliphatic heterocycles. The molecule has 3 heterocycles. The lowest BCUT2D eigenvalue weighted by Crippen LogP contribution is -2.23. The van der Waals surface area contributed by atoms with E-state index >= 15 is 0 Å². The largest absolute Gasteiger partial charge is 0.495 e. The number of fused-ring (bicyclic) bond motifs is 3. The van der Waals surface area contributed by atoms with Crippen molar-refractivity contribution in [1.29, 1.82) is 0 Å². The molecule has 1 aromatic carbocycles. The van der Waals surface area contributed by atoms with Crippen molar-refractivity contribution in [3.05, 3.63) is 61.0 Å². The van der Waals surface area contributed by atoms with Crippen LogP contribution < -0.4 is 14.8 Å². The van der Waals surface area contributed by atoms with Crippen LogP contribution in [0.3, 0.4) is 0 Å². The van der Waals surface area contributed by atoms with Crippen LogP contribution in [0.2, 0.25) is 10.0 Å². The second-order valence-corrected chi connectivity index (χ2v) is 6.85. The van der Waals surface area contributed by atoms with Gasteiger partial charge in [0.25, 0.3) is 5.56 Å². The SMILES string of the molecule is COc1c(Cl)cc(Cl)cc1/C=c1\sc2nc3cccnc3n2c1=O. The number of ether oxygens (including phenoxy) is 1. The fraction of sp³-hybridized carbons (Fsp3) is 0.0625. The van der Waals surface area contributed by atoms with Crippen LogP contribution in [0.4, 0.5) is 0 Å². The highest BCUT2D eigenvalue weighted by atomic mass is 35.5. The number of methoxy groups -OCH3 is 1. The number of benzene rings is 1. The first-order chi connectivity index (χ1) is 11.6. The summed E-state index contributed by atoms with van der Waals surface area (Å²) in [6, 6.07) is 6.90. The number of halogens is 2. The van der Waals surface area contributed by atoms with E-state index in [2.05, 4.69) is 9.97 Å². The van der Waals surface area contributed by atoms with Crippen LogP contribution in [0.25, 0.3) is 22.2 Å². The summed E-state index contributed by atoms with van der Waals surface area (Å²) in [5.74, 6) is 0.467. The number of thiazole rings is 1. The fourth-order valence-corrected chi connectivity index (χ4v) is 4.08. The third-order valence-corrected chi connectivity index (χ3v) is 5.00. The van der Waals surface area contributed by atoms with Crippen molar-refractivity contribution in [3.63, 3.8) is 0 Å². The monoisotopic (exact) mass is 377 g/mol.